The Bertz CT molecular complexity index is 388. The van der Waals surface area contributed by atoms with Crippen LogP contribution in [0.25, 0.3) is 0 Å². The van der Waals surface area contributed by atoms with Crippen molar-refractivity contribution >= 4 is 23.0 Å². The minimum absolute atomic E-state index is 0.0397. The van der Waals surface area contributed by atoms with Crippen molar-refractivity contribution in [2.45, 2.75) is 12.0 Å². The molecule has 2 heterocycles. The lowest BCUT2D eigenvalue weighted by atomic mass is 9.95. The second-order valence-electron chi connectivity index (χ2n) is 4.22. The predicted octanol–water partition coefficient (Wildman–Crippen LogP) is 2.34. The molecule has 0 aliphatic carbocycles. The number of benzene rings is 1. The molecule has 2 aliphatic rings. The standard InChI is InChI=1S/C11H13ClN2O/c12-8-2-1-3-9-10(8)14-11(6-13-9)4-5-15-7-11/h1-3,13-14H,4-7H2. The molecule has 15 heavy (non-hydrogen) atoms. The van der Waals surface area contributed by atoms with Crippen LogP contribution in [-0.2, 0) is 4.74 Å². The Kier molecular flexibility index (Phi) is 2.04. The van der Waals surface area contributed by atoms with Gasteiger partial charge in [-0.2, -0.15) is 0 Å². The summed E-state index contributed by atoms with van der Waals surface area (Å²) in [6.45, 7) is 2.49. The summed E-state index contributed by atoms with van der Waals surface area (Å²) in [5.74, 6) is 0. The first-order valence-corrected chi connectivity index (χ1v) is 5.55. The van der Waals surface area contributed by atoms with Crippen LogP contribution in [0.15, 0.2) is 18.2 Å². The van der Waals surface area contributed by atoms with Crippen LogP contribution in [-0.4, -0.2) is 25.3 Å². The predicted molar refractivity (Wildman–Crippen MR) is 61.7 cm³/mol. The normalized spacial score (nSPS) is 28.3. The number of halogens is 1. The van der Waals surface area contributed by atoms with E-state index in [1.807, 2.05) is 18.2 Å². The van der Waals surface area contributed by atoms with Gasteiger partial charge in [-0.3, -0.25) is 0 Å². The molecule has 1 spiro atoms. The van der Waals surface area contributed by atoms with Crippen LogP contribution in [0, 0.1) is 0 Å². The first-order chi connectivity index (χ1) is 7.29. The molecule has 3 nitrogen and oxygen atoms in total. The lowest BCUT2D eigenvalue weighted by Gasteiger charge is -2.36. The molecule has 1 saturated heterocycles. The fourth-order valence-corrected chi connectivity index (χ4v) is 2.44. The Morgan fingerprint density at radius 1 is 1.40 bits per heavy atom. The van der Waals surface area contributed by atoms with Gasteiger partial charge < -0.3 is 15.4 Å². The minimum Gasteiger partial charge on any atom is -0.381 e. The fourth-order valence-electron chi connectivity index (χ4n) is 2.22. The largest absolute Gasteiger partial charge is 0.381 e. The van der Waals surface area contributed by atoms with Crippen molar-refractivity contribution in [3.05, 3.63) is 23.2 Å². The van der Waals surface area contributed by atoms with Crippen molar-refractivity contribution in [1.29, 1.82) is 0 Å². The lowest BCUT2D eigenvalue weighted by Crippen LogP contribution is -2.48. The molecule has 0 aromatic heterocycles. The van der Waals surface area contributed by atoms with Gasteiger partial charge in [-0.15, -0.1) is 0 Å². The molecule has 0 amide bonds. The van der Waals surface area contributed by atoms with Crippen LogP contribution in [0.5, 0.6) is 0 Å². The highest BCUT2D eigenvalue weighted by Gasteiger charge is 2.38. The number of anilines is 2. The Morgan fingerprint density at radius 3 is 3.13 bits per heavy atom. The maximum atomic E-state index is 6.16. The topological polar surface area (TPSA) is 33.3 Å². The SMILES string of the molecule is Clc1cccc2c1NC1(CCOC1)CN2. The quantitative estimate of drug-likeness (QED) is 0.710. The van der Waals surface area contributed by atoms with Gasteiger partial charge in [0, 0.05) is 13.2 Å². The van der Waals surface area contributed by atoms with E-state index in [0.717, 1.165) is 42.6 Å². The van der Waals surface area contributed by atoms with Crippen LogP contribution in [0.2, 0.25) is 5.02 Å². The summed E-state index contributed by atoms with van der Waals surface area (Å²) in [7, 11) is 0. The van der Waals surface area contributed by atoms with Gasteiger partial charge in [0.1, 0.15) is 0 Å². The Hall–Kier alpha value is -0.930. The second-order valence-corrected chi connectivity index (χ2v) is 4.63. The fraction of sp³-hybridized carbons (Fsp3) is 0.455. The van der Waals surface area contributed by atoms with Crippen LogP contribution in [0.3, 0.4) is 0 Å². The van der Waals surface area contributed by atoms with Gasteiger partial charge in [0.15, 0.2) is 0 Å². The van der Waals surface area contributed by atoms with E-state index in [9.17, 15) is 0 Å². The van der Waals surface area contributed by atoms with E-state index in [1.54, 1.807) is 0 Å². The molecule has 1 atom stereocenters. The number of rotatable bonds is 0. The summed E-state index contributed by atoms with van der Waals surface area (Å²) < 4.78 is 5.45. The number of hydrogen-bond acceptors (Lipinski definition) is 3. The number of hydrogen-bond donors (Lipinski definition) is 2. The molecule has 2 aliphatic heterocycles. The van der Waals surface area contributed by atoms with Crippen LogP contribution in [0.4, 0.5) is 11.4 Å². The Labute approximate surface area is 93.8 Å². The zero-order chi connectivity index (χ0) is 10.3. The summed E-state index contributed by atoms with van der Waals surface area (Å²) in [5, 5.41) is 7.70. The number of para-hydroxylation sites is 1. The summed E-state index contributed by atoms with van der Waals surface area (Å²) >= 11 is 6.16. The van der Waals surface area contributed by atoms with Crippen molar-refractivity contribution < 1.29 is 4.74 Å². The zero-order valence-electron chi connectivity index (χ0n) is 8.35. The smallest absolute Gasteiger partial charge is 0.0801 e. The molecular formula is C11H13ClN2O. The summed E-state index contributed by atoms with van der Waals surface area (Å²) in [4.78, 5) is 0. The van der Waals surface area contributed by atoms with Gasteiger partial charge in [-0.25, -0.2) is 0 Å². The second kappa shape index (κ2) is 3.29. The highest BCUT2D eigenvalue weighted by molar-refractivity contribution is 6.34. The summed E-state index contributed by atoms with van der Waals surface area (Å²) in [6, 6.07) is 5.90. The van der Waals surface area contributed by atoms with E-state index in [0.29, 0.717) is 0 Å². The third kappa shape index (κ3) is 1.46. The monoisotopic (exact) mass is 224 g/mol. The van der Waals surface area contributed by atoms with Gasteiger partial charge in [-0.05, 0) is 18.6 Å². The van der Waals surface area contributed by atoms with E-state index in [1.165, 1.54) is 0 Å². The maximum absolute atomic E-state index is 6.16. The molecule has 0 radical (unpaired) electrons. The first kappa shape index (κ1) is 9.31. The van der Waals surface area contributed by atoms with E-state index in [4.69, 9.17) is 16.3 Å². The molecule has 80 valence electrons. The van der Waals surface area contributed by atoms with E-state index in [2.05, 4.69) is 10.6 Å². The van der Waals surface area contributed by atoms with Crippen molar-refractivity contribution in [1.82, 2.24) is 0 Å². The maximum Gasteiger partial charge on any atom is 0.0801 e. The van der Waals surface area contributed by atoms with Crippen LogP contribution >= 0.6 is 11.6 Å². The van der Waals surface area contributed by atoms with Gasteiger partial charge >= 0.3 is 0 Å². The van der Waals surface area contributed by atoms with Crippen molar-refractivity contribution in [2.24, 2.45) is 0 Å². The first-order valence-electron chi connectivity index (χ1n) is 5.17. The van der Waals surface area contributed by atoms with Crippen molar-refractivity contribution in [3.8, 4) is 0 Å². The summed E-state index contributed by atoms with van der Waals surface area (Å²) in [6.07, 6.45) is 1.03. The number of fused-ring (bicyclic) bond motifs is 1. The number of ether oxygens (including phenoxy) is 1. The highest BCUT2D eigenvalue weighted by atomic mass is 35.5. The van der Waals surface area contributed by atoms with Crippen LogP contribution in [0.1, 0.15) is 6.42 Å². The van der Waals surface area contributed by atoms with Gasteiger partial charge in [0.05, 0.1) is 28.5 Å². The molecule has 0 saturated carbocycles. The third-order valence-corrected chi connectivity index (χ3v) is 3.44. The molecule has 3 rings (SSSR count). The molecule has 1 unspecified atom stereocenters. The van der Waals surface area contributed by atoms with Gasteiger partial charge in [-0.1, -0.05) is 17.7 Å². The van der Waals surface area contributed by atoms with E-state index in [-0.39, 0.29) is 5.54 Å². The zero-order valence-corrected chi connectivity index (χ0v) is 9.10. The molecule has 0 bridgehead atoms. The highest BCUT2D eigenvalue weighted by Crippen LogP contribution is 2.38. The molecule has 2 N–H and O–H groups in total. The Balaban J connectivity index is 1.98. The van der Waals surface area contributed by atoms with Crippen LogP contribution < -0.4 is 10.6 Å². The molecule has 1 aromatic rings. The van der Waals surface area contributed by atoms with Gasteiger partial charge in [0.25, 0.3) is 0 Å². The Morgan fingerprint density at radius 2 is 2.33 bits per heavy atom. The minimum atomic E-state index is 0.0397. The van der Waals surface area contributed by atoms with Crippen molar-refractivity contribution in [3.63, 3.8) is 0 Å². The third-order valence-electron chi connectivity index (χ3n) is 3.12. The van der Waals surface area contributed by atoms with Crippen molar-refractivity contribution in [2.75, 3.05) is 30.4 Å². The molecule has 4 heteroatoms. The summed E-state index contributed by atoms with van der Waals surface area (Å²) in [5.41, 5.74) is 2.13. The van der Waals surface area contributed by atoms with E-state index < -0.39 is 0 Å². The molecule has 1 aromatic carbocycles. The molecule has 1 fully saturated rings. The lowest BCUT2D eigenvalue weighted by molar-refractivity contribution is 0.184. The molecular weight excluding hydrogens is 212 g/mol. The average Bonchev–Trinajstić information content (AvgIpc) is 2.68. The number of nitrogens with one attached hydrogen (secondary N) is 2. The van der Waals surface area contributed by atoms with E-state index >= 15 is 0 Å². The average molecular weight is 225 g/mol. The van der Waals surface area contributed by atoms with Gasteiger partial charge in [0.2, 0.25) is 0 Å².